The molecule has 6 heteroatoms. The fourth-order valence-electron chi connectivity index (χ4n) is 3.84. The molecule has 0 radical (unpaired) electrons. The van der Waals surface area contributed by atoms with Crippen molar-refractivity contribution in [1.29, 1.82) is 0 Å². The molecule has 1 aliphatic heterocycles. The maximum absolute atomic E-state index is 10.5. The Kier molecular flexibility index (Phi) is 5.93. The van der Waals surface area contributed by atoms with E-state index in [1.807, 2.05) is 42.5 Å². The molecule has 0 unspecified atom stereocenters. The van der Waals surface area contributed by atoms with Crippen molar-refractivity contribution >= 4 is 17.3 Å². The summed E-state index contributed by atoms with van der Waals surface area (Å²) in [7, 11) is 3.24. The number of methoxy groups -OCH3 is 2. The highest BCUT2D eigenvalue weighted by atomic mass is 35.5. The van der Waals surface area contributed by atoms with E-state index in [0.29, 0.717) is 22.9 Å². The molecule has 1 aliphatic rings. The monoisotopic (exact) mass is 423 g/mol. The molecule has 0 fully saturated rings. The zero-order valence-electron chi connectivity index (χ0n) is 16.9. The summed E-state index contributed by atoms with van der Waals surface area (Å²) in [5.74, 6) is 1.57. The van der Waals surface area contributed by atoms with Crippen LogP contribution in [0, 0.1) is 0 Å². The van der Waals surface area contributed by atoms with Gasteiger partial charge in [-0.3, -0.25) is 0 Å². The van der Waals surface area contributed by atoms with Crippen LogP contribution in [0.2, 0.25) is 5.02 Å². The molecular weight excluding hydrogens is 400 g/mol. The fraction of sp³-hybridized carbons (Fsp3) is 0.208. The Hall–Kier alpha value is -3.02. The van der Waals surface area contributed by atoms with Crippen LogP contribution in [0.4, 0.5) is 0 Å². The molecule has 4 rings (SSSR count). The van der Waals surface area contributed by atoms with Gasteiger partial charge >= 0.3 is 0 Å². The largest absolute Gasteiger partial charge is 0.507 e. The summed E-state index contributed by atoms with van der Waals surface area (Å²) in [5.41, 5.74) is 3.86. The van der Waals surface area contributed by atoms with Gasteiger partial charge in [0.1, 0.15) is 11.8 Å². The highest BCUT2D eigenvalue weighted by molar-refractivity contribution is 6.30. The Labute approximate surface area is 180 Å². The predicted molar refractivity (Wildman–Crippen MR) is 118 cm³/mol. The van der Waals surface area contributed by atoms with Gasteiger partial charge in [-0.15, -0.1) is 0 Å². The smallest absolute Gasteiger partial charge is 0.206 e. The molecule has 30 heavy (non-hydrogen) atoms. The summed E-state index contributed by atoms with van der Waals surface area (Å²) in [4.78, 5) is 5.03. The number of hydrogen-bond acceptors (Lipinski definition) is 4. The van der Waals surface area contributed by atoms with Crippen molar-refractivity contribution in [2.24, 2.45) is 4.99 Å². The number of aromatic hydroxyl groups is 1. The number of benzene rings is 3. The molecule has 0 bridgehead atoms. The molecule has 5 nitrogen and oxygen atoms in total. The molecule has 2 atom stereocenters. The predicted octanol–water partition coefficient (Wildman–Crippen LogP) is 4.26. The van der Waals surface area contributed by atoms with Crippen LogP contribution in [0.15, 0.2) is 71.7 Å². The molecule has 3 aromatic carbocycles. The summed E-state index contributed by atoms with van der Waals surface area (Å²) in [6.45, 7) is 0. The van der Waals surface area contributed by atoms with Crippen molar-refractivity contribution < 1.29 is 19.9 Å². The number of nitrogens with two attached hydrogens (primary N) is 1. The molecule has 0 aromatic heterocycles. The van der Waals surface area contributed by atoms with Crippen LogP contribution >= 0.6 is 11.6 Å². The Morgan fingerprint density at radius 2 is 1.73 bits per heavy atom. The van der Waals surface area contributed by atoms with E-state index in [1.165, 1.54) is 0 Å². The van der Waals surface area contributed by atoms with E-state index in [4.69, 9.17) is 26.1 Å². The van der Waals surface area contributed by atoms with Crippen molar-refractivity contribution in [2.45, 2.75) is 18.6 Å². The second-order valence-corrected chi connectivity index (χ2v) is 7.64. The van der Waals surface area contributed by atoms with Gasteiger partial charge in [0.2, 0.25) is 6.17 Å². The van der Waals surface area contributed by atoms with E-state index in [1.54, 1.807) is 26.4 Å². The minimum Gasteiger partial charge on any atom is -0.507 e. The average molecular weight is 424 g/mol. The molecule has 3 aromatic rings. The lowest BCUT2D eigenvalue weighted by molar-refractivity contribution is -0.735. The lowest BCUT2D eigenvalue weighted by atomic mass is 9.93. The van der Waals surface area contributed by atoms with Crippen molar-refractivity contribution in [2.75, 3.05) is 14.2 Å². The number of nitrogens with zero attached hydrogens (tertiary/aromatic N) is 1. The first kappa shape index (κ1) is 20.3. The molecule has 0 amide bonds. The van der Waals surface area contributed by atoms with Gasteiger partial charge in [0.15, 0.2) is 11.5 Å². The maximum Gasteiger partial charge on any atom is 0.206 e. The Balaban J connectivity index is 1.77. The fourth-order valence-corrected chi connectivity index (χ4v) is 4.02. The van der Waals surface area contributed by atoms with Crippen LogP contribution in [-0.4, -0.2) is 25.0 Å². The summed E-state index contributed by atoms with van der Waals surface area (Å²) in [6, 6.07) is 21.1. The molecule has 3 N–H and O–H groups in total. The minimum absolute atomic E-state index is 0.0329. The zero-order valence-corrected chi connectivity index (χ0v) is 17.6. The van der Waals surface area contributed by atoms with Crippen molar-refractivity contribution in [3.05, 3.63) is 88.4 Å². The standard InChI is InChI=1S/C24H23ClN2O3/c1-29-22-11-8-16(12-23(22)30-2)24-26-19(15-6-4-3-5-7-15)14-20(27-24)18-13-17(25)9-10-21(18)28/h3-13,20,24,27-28H,14H2,1-2H3/p+1/t20-,24+/m1/s1. The normalized spacial score (nSPS) is 18.6. The Bertz CT molecular complexity index is 1070. The number of phenolic OH excluding ortho intramolecular Hbond substituents is 1. The van der Waals surface area contributed by atoms with E-state index in [9.17, 15) is 5.11 Å². The lowest BCUT2D eigenvalue weighted by Gasteiger charge is -2.28. The molecule has 1 heterocycles. The van der Waals surface area contributed by atoms with Crippen molar-refractivity contribution in [1.82, 2.24) is 0 Å². The Morgan fingerprint density at radius 3 is 2.47 bits per heavy atom. The van der Waals surface area contributed by atoms with Crippen LogP contribution in [0.5, 0.6) is 17.2 Å². The summed E-state index contributed by atoms with van der Waals surface area (Å²) < 4.78 is 10.9. The van der Waals surface area contributed by atoms with Crippen molar-refractivity contribution in [3.63, 3.8) is 0 Å². The second-order valence-electron chi connectivity index (χ2n) is 7.21. The van der Waals surface area contributed by atoms with Crippen LogP contribution in [0.25, 0.3) is 0 Å². The van der Waals surface area contributed by atoms with Gasteiger partial charge in [0, 0.05) is 17.0 Å². The van der Waals surface area contributed by atoms with Gasteiger partial charge in [-0.05, 0) is 42.0 Å². The maximum atomic E-state index is 10.5. The first-order valence-electron chi connectivity index (χ1n) is 9.76. The molecule has 154 valence electrons. The van der Waals surface area contributed by atoms with Crippen LogP contribution < -0.4 is 14.8 Å². The highest BCUT2D eigenvalue weighted by Crippen LogP contribution is 2.34. The first-order valence-corrected chi connectivity index (χ1v) is 10.1. The van der Waals surface area contributed by atoms with E-state index in [-0.39, 0.29) is 18.0 Å². The van der Waals surface area contributed by atoms with E-state index in [0.717, 1.165) is 22.4 Å². The van der Waals surface area contributed by atoms with E-state index in [2.05, 4.69) is 17.4 Å². The number of hydrogen-bond donors (Lipinski definition) is 2. The van der Waals surface area contributed by atoms with Crippen molar-refractivity contribution in [3.8, 4) is 17.2 Å². The van der Waals surface area contributed by atoms with E-state index < -0.39 is 0 Å². The SMILES string of the molecule is COc1ccc([C@H]2N=C(c3ccccc3)C[C@H](c3cc(Cl)ccc3O)[NH2+]2)cc1OC. The Morgan fingerprint density at radius 1 is 0.967 bits per heavy atom. The number of quaternary nitrogens is 1. The third kappa shape index (κ3) is 4.13. The van der Waals surface area contributed by atoms with Crippen LogP contribution in [0.3, 0.4) is 0 Å². The molecule has 0 saturated heterocycles. The van der Waals surface area contributed by atoms with Crippen LogP contribution in [-0.2, 0) is 0 Å². The topological polar surface area (TPSA) is 67.7 Å². The van der Waals surface area contributed by atoms with Gasteiger partial charge in [0.05, 0.1) is 25.5 Å². The second kappa shape index (κ2) is 8.78. The minimum atomic E-state index is -0.197. The number of ether oxygens (including phenoxy) is 2. The van der Waals surface area contributed by atoms with Gasteiger partial charge in [-0.1, -0.05) is 41.9 Å². The van der Waals surface area contributed by atoms with Gasteiger partial charge in [-0.25, -0.2) is 4.99 Å². The van der Waals surface area contributed by atoms with Gasteiger partial charge in [0.25, 0.3) is 0 Å². The average Bonchev–Trinajstić information content (AvgIpc) is 2.80. The van der Waals surface area contributed by atoms with Crippen LogP contribution in [0.1, 0.15) is 35.3 Å². The quantitative estimate of drug-likeness (QED) is 0.644. The molecule has 0 saturated carbocycles. The van der Waals surface area contributed by atoms with Gasteiger partial charge in [-0.2, -0.15) is 0 Å². The number of rotatable bonds is 5. The zero-order chi connectivity index (χ0) is 21.1. The molecule has 0 spiro atoms. The number of aliphatic imine (C=N–C) groups is 1. The third-order valence-corrected chi connectivity index (χ3v) is 5.60. The molecule has 0 aliphatic carbocycles. The lowest BCUT2D eigenvalue weighted by Crippen LogP contribution is -2.87. The highest BCUT2D eigenvalue weighted by Gasteiger charge is 2.32. The molecular formula is C24H24ClN2O3+. The first-order chi connectivity index (χ1) is 14.6. The number of halogens is 1. The van der Waals surface area contributed by atoms with E-state index >= 15 is 0 Å². The summed E-state index contributed by atoms with van der Waals surface area (Å²) in [6.07, 6.45) is 0.485. The third-order valence-electron chi connectivity index (χ3n) is 5.37. The summed E-state index contributed by atoms with van der Waals surface area (Å²) in [5, 5.41) is 13.2. The summed E-state index contributed by atoms with van der Waals surface area (Å²) >= 11 is 6.23. The van der Waals surface area contributed by atoms with Gasteiger partial charge < -0.3 is 19.9 Å². The number of phenols is 1.